The lowest BCUT2D eigenvalue weighted by Gasteiger charge is -2.35. The number of aryl methyl sites for hydroxylation is 1. The van der Waals surface area contributed by atoms with E-state index in [4.69, 9.17) is 9.47 Å². The number of fused-ring (bicyclic) bond motifs is 1. The molecule has 1 N–H and O–H groups in total. The molecule has 35 heavy (non-hydrogen) atoms. The summed E-state index contributed by atoms with van der Waals surface area (Å²) < 4.78 is 12.9. The zero-order chi connectivity index (χ0) is 25.2. The molecule has 0 unspecified atom stereocenters. The van der Waals surface area contributed by atoms with Crippen molar-refractivity contribution in [1.29, 1.82) is 0 Å². The molecule has 186 valence electrons. The second-order valence-corrected chi connectivity index (χ2v) is 9.15. The highest BCUT2D eigenvalue weighted by Crippen LogP contribution is 2.22. The molecule has 0 bridgehead atoms. The predicted octanol–water partition coefficient (Wildman–Crippen LogP) is 2.54. The number of carbonyl (C=O) groups excluding carboxylic acids is 2. The molecule has 4 rings (SSSR count). The number of amides is 2. The number of hydrogen-bond acceptors (Lipinski definition) is 9. The molecule has 1 aliphatic heterocycles. The van der Waals surface area contributed by atoms with Crippen molar-refractivity contribution in [1.82, 2.24) is 29.2 Å². The summed E-state index contributed by atoms with van der Waals surface area (Å²) in [7, 11) is 0. The highest BCUT2D eigenvalue weighted by molar-refractivity contribution is 6.05. The van der Waals surface area contributed by atoms with E-state index >= 15 is 0 Å². The number of imidazole rings is 1. The van der Waals surface area contributed by atoms with Gasteiger partial charge in [0.15, 0.2) is 5.65 Å². The summed E-state index contributed by atoms with van der Waals surface area (Å²) in [6, 6.07) is 0. The molecule has 1 aliphatic rings. The van der Waals surface area contributed by atoms with Gasteiger partial charge in [-0.25, -0.2) is 19.7 Å². The Bertz CT molecular complexity index is 1230. The van der Waals surface area contributed by atoms with Crippen LogP contribution in [0.3, 0.4) is 0 Å². The van der Waals surface area contributed by atoms with E-state index in [1.165, 1.54) is 6.20 Å². The van der Waals surface area contributed by atoms with Crippen LogP contribution in [0.5, 0.6) is 5.88 Å². The molecule has 0 aromatic carbocycles. The zero-order valence-electron chi connectivity index (χ0n) is 20.6. The van der Waals surface area contributed by atoms with Gasteiger partial charge in [0.25, 0.3) is 5.91 Å². The SMILES string of the molecule is CCOc1nc(N2CCN(C(=O)OC(C)(C)C)CC2)ncc1C(=O)Nc1cn2cc(C)nc2cn1. The third-order valence-corrected chi connectivity index (χ3v) is 5.18. The molecule has 0 radical (unpaired) electrons. The van der Waals surface area contributed by atoms with Crippen LogP contribution >= 0.6 is 0 Å². The molecule has 12 nitrogen and oxygen atoms in total. The number of nitrogens with zero attached hydrogens (tertiary/aromatic N) is 7. The van der Waals surface area contributed by atoms with Crippen LogP contribution in [0.25, 0.3) is 5.65 Å². The Labute approximate surface area is 203 Å². The first-order chi connectivity index (χ1) is 16.6. The molecule has 12 heteroatoms. The first kappa shape index (κ1) is 24.2. The molecule has 4 heterocycles. The largest absolute Gasteiger partial charge is 0.477 e. The van der Waals surface area contributed by atoms with Gasteiger partial charge in [-0.2, -0.15) is 4.98 Å². The lowest BCUT2D eigenvalue weighted by atomic mass is 10.2. The summed E-state index contributed by atoms with van der Waals surface area (Å²) in [5.74, 6) is 0.550. The topological polar surface area (TPSA) is 127 Å². The van der Waals surface area contributed by atoms with Crippen LogP contribution in [-0.4, -0.2) is 79.6 Å². The summed E-state index contributed by atoms with van der Waals surface area (Å²) in [5, 5.41) is 2.76. The number of rotatable bonds is 5. The molecular weight excluding hydrogens is 452 g/mol. The third kappa shape index (κ3) is 5.76. The average Bonchev–Trinajstić information content (AvgIpc) is 3.17. The lowest BCUT2D eigenvalue weighted by molar-refractivity contribution is 0.0240. The third-order valence-electron chi connectivity index (χ3n) is 5.18. The van der Waals surface area contributed by atoms with Crippen LogP contribution < -0.4 is 15.0 Å². The van der Waals surface area contributed by atoms with E-state index in [1.807, 2.05) is 45.7 Å². The van der Waals surface area contributed by atoms with Gasteiger partial charge in [0.1, 0.15) is 17.0 Å². The fourth-order valence-corrected chi connectivity index (χ4v) is 3.60. The van der Waals surface area contributed by atoms with Gasteiger partial charge in [0.05, 0.1) is 24.7 Å². The summed E-state index contributed by atoms with van der Waals surface area (Å²) >= 11 is 0. The Morgan fingerprint density at radius 2 is 1.80 bits per heavy atom. The Hall–Kier alpha value is -3.96. The fraction of sp³-hybridized carbons (Fsp3) is 0.478. The van der Waals surface area contributed by atoms with Gasteiger partial charge >= 0.3 is 6.09 Å². The molecule has 2 amide bonds. The van der Waals surface area contributed by atoms with E-state index in [9.17, 15) is 9.59 Å². The van der Waals surface area contributed by atoms with Crippen molar-refractivity contribution in [3.05, 3.63) is 36.0 Å². The number of carbonyl (C=O) groups is 2. The van der Waals surface area contributed by atoms with Crippen molar-refractivity contribution in [2.24, 2.45) is 0 Å². The molecular formula is C23H30N8O4. The number of piperazine rings is 1. The van der Waals surface area contributed by atoms with E-state index in [2.05, 4.69) is 25.3 Å². The van der Waals surface area contributed by atoms with Gasteiger partial charge in [0, 0.05) is 38.6 Å². The monoisotopic (exact) mass is 482 g/mol. The van der Waals surface area contributed by atoms with Crippen molar-refractivity contribution < 1.29 is 19.1 Å². The number of ether oxygens (including phenoxy) is 2. The molecule has 0 atom stereocenters. The highest BCUT2D eigenvalue weighted by Gasteiger charge is 2.27. The van der Waals surface area contributed by atoms with Crippen molar-refractivity contribution >= 4 is 29.4 Å². The molecule has 1 saturated heterocycles. The number of anilines is 2. The quantitative estimate of drug-likeness (QED) is 0.583. The van der Waals surface area contributed by atoms with E-state index in [-0.39, 0.29) is 17.5 Å². The van der Waals surface area contributed by atoms with Gasteiger partial charge in [-0.1, -0.05) is 0 Å². The number of nitrogens with one attached hydrogen (secondary N) is 1. The molecule has 0 saturated carbocycles. The van der Waals surface area contributed by atoms with Crippen molar-refractivity contribution in [3.63, 3.8) is 0 Å². The maximum Gasteiger partial charge on any atom is 0.410 e. The predicted molar refractivity (Wildman–Crippen MR) is 129 cm³/mol. The van der Waals surface area contributed by atoms with Crippen molar-refractivity contribution in [3.8, 4) is 5.88 Å². The average molecular weight is 483 g/mol. The van der Waals surface area contributed by atoms with E-state index in [1.54, 1.807) is 21.7 Å². The number of hydrogen-bond donors (Lipinski definition) is 1. The standard InChI is InChI=1S/C23H30N8O4/c1-6-34-20-16(19(32)27-17-14-31-13-15(2)26-18(31)12-24-17)11-25-21(28-20)29-7-9-30(10-8-29)22(33)35-23(3,4)5/h11-14H,6-10H2,1-5H3,(H,27,32). The van der Waals surface area contributed by atoms with Crippen LogP contribution in [0.4, 0.5) is 16.6 Å². The highest BCUT2D eigenvalue weighted by atomic mass is 16.6. The van der Waals surface area contributed by atoms with E-state index < -0.39 is 11.5 Å². The summed E-state index contributed by atoms with van der Waals surface area (Å²) in [4.78, 5) is 46.4. The molecule has 0 aliphatic carbocycles. The second-order valence-electron chi connectivity index (χ2n) is 9.15. The normalized spacial score (nSPS) is 14.2. The van der Waals surface area contributed by atoms with E-state index in [0.29, 0.717) is 50.2 Å². The Morgan fingerprint density at radius 3 is 2.49 bits per heavy atom. The minimum atomic E-state index is -0.543. The molecule has 3 aromatic rings. The van der Waals surface area contributed by atoms with Gasteiger partial charge in [-0.3, -0.25) is 4.79 Å². The fourth-order valence-electron chi connectivity index (χ4n) is 3.60. The van der Waals surface area contributed by atoms with Crippen molar-refractivity contribution in [2.75, 3.05) is 43.0 Å². The Balaban J connectivity index is 1.45. The van der Waals surface area contributed by atoms with Crippen LogP contribution in [0.2, 0.25) is 0 Å². The van der Waals surface area contributed by atoms with Crippen LogP contribution in [-0.2, 0) is 4.74 Å². The van der Waals surface area contributed by atoms with Gasteiger partial charge < -0.3 is 29.0 Å². The Morgan fingerprint density at radius 1 is 1.06 bits per heavy atom. The molecule has 3 aromatic heterocycles. The van der Waals surface area contributed by atoms with E-state index in [0.717, 1.165) is 5.69 Å². The Kier molecular flexibility index (Phi) is 6.72. The maximum absolute atomic E-state index is 13.0. The minimum Gasteiger partial charge on any atom is -0.477 e. The summed E-state index contributed by atoms with van der Waals surface area (Å²) in [5.41, 5.74) is 1.20. The zero-order valence-corrected chi connectivity index (χ0v) is 20.6. The van der Waals surface area contributed by atoms with Gasteiger partial charge in [-0.05, 0) is 34.6 Å². The van der Waals surface area contributed by atoms with Crippen LogP contribution in [0.15, 0.2) is 24.8 Å². The second kappa shape index (κ2) is 9.72. The minimum absolute atomic E-state index is 0.184. The first-order valence-corrected chi connectivity index (χ1v) is 11.5. The van der Waals surface area contributed by atoms with Crippen molar-refractivity contribution in [2.45, 2.75) is 40.2 Å². The van der Waals surface area contributed by atoms with Gasteiger partial charge in [-0.15, -0.1) is 0 Å². The van der Waals surface area contributed by atoms with Crippen LogP contribution in [0.1, 0.15) is 43.7 Å². The summed E-state index contributed by atoms with van der Waals surface area (Å²) in [6.45, 7) is 11.6. The smallest absolute Gasteiger partial charge is 0.410 e. The van der Waals surface area contributed by atoms with Crippen LogP contribution in [0, 0.1) is 6.92 Å². The lowest BCUT2D eigenvalue weighted by Crippen LogP contribution is -2.50. The number of aromatic nitrogens is 5. The molecule has 1 fully saturated rings. The molecule has 0 spiro atoms. The first-order valence-electron chi connectivity index (χ1n) is 11.5. The summed E-state index contributed by atoms with van der Waals surface area (Å²) in [6.07, 6.45) is 6.23. The maximum atomic E-state index is 13.0. The van der Waals surface area contributed by atoms with Gasteiger partial charge in [0.2, 0.25) is 11.8 Å².